The van der Waals surface area contributed by atoms with Gasteiger partial charge in [0.25, 0.3) is 0 Å². The van der Waals surface area contributed by atoms with Crippen molar-refractivity contribution in [1.82, 2.24) is 0 Å². The first-order valence-corrected chi connectivity index (χ1v) is 11.1. The molecule has 0 spiro atoms. The van der Waals surface area contributed by atoms with Gasteiger partial charge in [0.05, 0.1) is 0 Å². The van der Waals surface area contributed by atoms with Crippen LogP contribution in [0.1, 0.15) is 0 Å². The Hall–Kier alpha value is -3.22. The first-order chi connectivity index (χ1) is 14.7. The highest BCUT2D eigenvalue weighted by Crippen LogP contribution is 2.51. The summed E-state index contributed by atoms with van der Waals surface area (Å²) in [6, 6.07) is 26.0. The molecule has 0 unspecified atom stereocenters. The Balaban J connectivity index is 1.27. The first-order valence-electron chi connectivity index (χ1n) is 9.47. The molecule has 2 heterocycles. The topological polar surface area (TPSA) is 56.5 Å². The predicted molar refractivity (Wildman–Crippen MR) is 122 cm³/mol. The van der Waals surface area contributed by atoms with Crippen molar-refractivity contribution in [2.75, 3.05) is 11.1 Å². The van der Waals surface area contributed by atoms with E-state index in [2.05, 4.69) is 29.6 Å². The Labute approximate surface area is 182 Å². The third kappa shape index (κ3) is 3.05. The van der Waals surface area contributed by atoms with Gasteiger partial charge >= 0.3 is 0 Å². The second-order valence-corrected chi connectivity index (χ2v) is 9.11. The van der Waals surface area contributed by atoms with Crippen LogP contribution in [-0.2, 0) is 0 Å². The van der Waals surface area contributed by atoms with E-state index in [-0.39, 0.29) is 0 Å². The van der Waals surface area contributed by atoms with E-state index in [4.69, 9.17) is 15.2 Å². The summed E-state index contributed by atoms with van der Waals surface area (Å²) in [7, 11) is 0. The predicted octanol–water partition coefficient (Wildman–Crippen LogP) is 7.53. The monoisotopic (exact) mass is 428 g/mol. The van der Waals surface area contributed by atoms with Crippen LogP contribution in [0.5, 0.6) is 23.0 Å². The third-order valence-corrected chi connectivity index (χ3v) is 7.52. The Bertz CT molecular complexity index is 1310. The summed E-state index contributed by atoms with van der Waals surface area (Å²) in [6.45, 7) is 0. The number of nitrogen functional groups attached to an aromatic ring is 1. The van der Waals surface area contributed by atoms with E-state index >= 15 is 0 Å². The molecule has 4 aromatic carbocycles. The molecule has 0 saturated heterocycles. The van der Waals surface area contributed by atoms with Crippen molar-refractivity contribution in [3.63, 3.8) is 0 Å². The summed E-state index contributed by atoms with van der Waals surface area (Å²) >= 11 is 3.48. The zero-order valence-corrected chi connectivity index (χ0v) is 17.3. The van der Waals surface area contributed by atoms with Gasteiger partial charge in [-0.25, -0.2) is 0 Å². The van der Waals surface area contributed by atoms with Crippen LogP contribution in [0.15, 0.2) is 98.4 Å². The highest BCUT2D eigenvalue weighted by atomic mass is 32.2. The van der Waals surface area contributed by atoms with E-state index in [0.29, 0.717) is 11.5 Å². The first kappa shape index (κ1) is 17.6. The summed E-state index contributed by atoms with van der Waals surface area (Å²) in [4.78, 5) is 4.77. The van der Waals surface area contributed by atoms with E-state index in [1.165, 1.54) is 14.7 Å². The number of fused-ring (bicyclic) bond motifs is 4. The summed E-state index contributed by atoms with van der Waals surface area (Å²) in [5.74, 6) is 2.86. The molecule has 6 heteroatoms. The highest BCUT2D eigenvalue weighted by Gasteiger charge is 2.20. The van der Waals surface area contributed by atoms with Crippen LogP contribution in [0.3, 0.4) is 0 Å². The van der Waals surface area contributed by atoms with E-state index in [9.17, 15) is 0 Å². The van der Waals surface area contributed by atoms with Crippen LogP contribution in [0.25, 0.3) is 0 Å². The second kappa shape index (κ2) is 6.93. The molecule has 0 bridgehead atoms. The lowest BCUT2D eigenvalue weighted by Gasteiger charge is -2.22. The van der Waals surface area contributed by atoms with E-state index in [1.807, 2.05) is 54.6 Å². The number of nitrogens with two attached hydrogens (primary N) is 1. The maximum absolute atomic E-state index is 6.18. The van der Waals surface area contributed by atoms with Gasteiger partial charge in [0.15, 0.2) is 23.0 Å². The Morgan fingerprint density at radius 2 is 1.33 bits per heavy atom. The molecule has 4 nitrogen and oxygen atoms in total. The minimum Gasteiger partial charge on any atom is -0.450 e. The molecule has 0 aromatic heterocycles. The fourth-order valence-electron chi connectivity index (χ4n) is 3.47. The molecular formula is C24H16N2O2S2. The van der Waals surface area contributed by atoms with Crippen LogP contribution in [0, 0.1) is 0 Å². The molecule has 0 aliphatic carbocycles. The van der Waals surface area contributed by atoms with Gasteiger partial charge < -0.3 is 20.5 Å². The summed E-state index contributed by atoms with van der Waals surface area (Å²) < 4.78 is 11.9. The number of anilines is 3. The lowest BCUT2D eigenvalue weighted by Crippen LogP contribution is -2.00. The van der Waals surface area contributed by atoms with Gasteiger partial charge in [-0.2, -0.15) is 0 Å². The molecule has 146 valence electrons. The maximum Gasteiger partial charge on any atom is 0.172 e. The number of hydrogen-bond acceptors (Lipinski definition) is 6. The molecule has 2 aliphatic rings. The Morgan fingerprint density at radius 3 is 2.20 bits per heavy atom. The Morgan fingerprint density at radius 1 is 0.600 bits per heavy atom. The van der Waals surface area contributed by atoms with Crippen molar-refractivity contribution < 1.29 is 9.47 Å². The second-order valence-electron chi connectivity index (χ2n) is 6.98. The van der Waals surface area contributed by atoms with E-state index < -0.39 is 0 Å². The molecular weight excluding hydrogens is 412 g/mol. The fraction of sp³-hybridized carbons (Fsp3) is 0. The molecule has 3 N–H and O–H groups in total. The quantitative estimate of drug-likeness (QED) is 0.278. The third-order valence-electron chi connectivity index (χ3n) is 4.91. The SMILES string of the molecule is Nc1cccc2c1Sc1cc(Nc3ccc4c(c3)Oc3ccccc3O4)ccc1S2. The van der Waals surface area contributed by atoms with Crippen molar-refractivity contribution in [3.8, 4) is 23.0 Å². The van der Waals surface area contributed by atoms with Crippen LogP contribution in [-0.4, -0.2) is 0 Å². The van der Waals surface area contributed by atoms with Gasteiger partial charge in [0.2, 0.25) is 0 Å². The molecule has 6 rings (SSSR count). The zero-order valence-electron chi connectivity index (χ0n) is 15.7. The number of para-hydroxylation sites is 2. The fourth-order valence-corrected chi connectivity index (χ4v) is 5.79. The van der Waals surface area contributed by atoms with Crippen LogP contribution < -0.4 is 20.5 Å². The minimum absolute atomic E-state index is 0.697. The van der Waals surface area contributed by atoms with Gasteiger partial charge in [-0.05, 0) is 54.6 Å². The molecule has 4 aromatic rings. The number of hydrogen-bond donors (Lipinski definition) is 2. The normalized spacial score (nSPS) is 13.1. The summed E-state index contributed by atoms with van der Waals surface area (Å²) in [5.41, 5.74) is 8.95. The van der Waals surface area contributed by atoms with Gasteiger partial charge in [-0.1, -0.05) is 41.7 Å². The maximum atomic E-state index is 6.18. The Kier molecular flexibility index (Phi) is 4.07. The zero-order chi connectivity index (χ0) is 20.1. The molecule has 0 atom stereocenters. The number of benzene rings is 4. The largest absolute Gasteiger partial charge is 0.450 e. The molecule has 2 aliphatic heterocycles. The van der Waals surface area contributed by atoms with Crippen LogP contribution in [0.4, 0.5) is 17.1 Å². The van der Waals surface area contributed by atoms with E-state index in [1.54, 1.807) is 23.5 Å². The average Bonchev–Trinajstić information content (AvgIpc) is 2.77. The van der Waals surface area contributed by atoms with Crippen molar-refractivity contribution in [2.45, 2.75) is 19.6 Å². The van der Waals surface area contributed by atoms with Crippen molar-refractivity contribution in [1.29, 1.82) is 0 Å². The van der Waals surface area contributed by atoms with Crippen LogP contribution >= 0.6 is 23.5 Å². The van der Waals surface area contributed by atoms with Crippen molar-refractivity contribution in [2.24, 2.45) is 0 Å². The van der Waals surface area contributed by atoms with Crippen molar-refractivity contribution in [3.05, 3.63) is 78.9 Å². The minimum atomic E-state index is 0.697. The van der Waals surface area contributed by atoms with Crippen molar-refractivity contribution >= 4 is 40.6 Å². The summed E-state index contributed by atoms with van der Waals surface area (Å²) in [6.07, 6.45) is 0. The molecule has 30 heavy (non-hydrogen) atoms. The summed E-state index contributed by atoms with van der Waals surface area (Å²) in [5, 5.41) is 3.48. The van der Waals surface area contributed by atoms with Gasteiger partial charge in [0.1, 0.15) is 0 Å². The lowest BCUT2D eigenvalue weighted by molar-refractivity contribution is 0.360. The van der Waals surface area contributed by atoms with Gasteiger partial charge in [0, 0.05) is 42.7 Å². The lowest BCUT2D eigenvalue weighted by atomic mass is 10.2. The van der Waals surface area contributed by atoms with Gasteiger partial charge in [-0.15, -0.1) is 0 Å². The molecule has 0 fully saturated rings. The highest BCUT2D eigenvalue weighted by molar-refractivity contribution is 8.05. The molecule has 0 amide bonds. The average molecular weight is 429 g/mol. The number of ether oxygens (including phenoxy) is 2. The molecule has 0 saturated carbocycles. The van der Waals surface area contributed by atoms with E-state index in [0.717, 1.165) is 33.5 Å². The van der Waals surface area contributed by atoms with Crippen LogP contribution in [0.2, 0.25) is 0 Å². The standard InChI is InChI=1S/C24H16N2O2S2/c25-16-4-3-7-22-24(16)30-23-13-15(9-11-21(23)29-22)26-14-8-10-19-20(12-14)28-18-6-2-1-5-17(18)27-19/h1-13,26H,25H2. The smallest absolute Gasteiger partial charge is 0.172 e. The number of nitrogens with one attached hydrogen (secondary N) is 1. The van der Waals surface area contributed by atoms with Gasteiger partial charge in [-0.3, -0.25) is 0 Å². The number of rotatable bonds is 2. The molecule has 0 radical (unpaired) electrons.